The Balaban J connectivity index is 2.61. The summed E-state index contributed by atoms with van der Waals surface area (Å²) in [6, 6.07) is 0. The molecule has 1 heteroatoms. The molecule has 1 atom stereocenters. The first-order chi connectivity index (χ1) is 5.33. The van der Waals surface area contributed by atoms with Crippen molar-refractivity contribution in [3.63, 3.8) is 0 Å². The predicted molar refractivity (Wildman–Crippen MR) is 47.2 cm³/mol. The Hall–Kier alpha value is -0.980. The largest absolute Gasteiger partial charge is 0.494 e. The van der Waals surface area contributed by atoms with Crippen molar-refractivity contribution < 1.29 is 4.74 Å². The molecule has 0 heterocycles. The van der Waals surface area contributed by atoms with Crippen molar-refractivity contribution in [1.82, 2.24) is 0 Å². The van der Waals surface area contributed by atoms with Gasteiger partial charge < -0.3 is 4.74 Å². The summed E-state index contributed by atoms with van der Waals surface area (Å²) in [5.41, 5.74) is 0. The topological polar surface area (TPSA) is 9.23 Å². The molecular weight excluding hydrogens is 136 g/mol. The highest BCUT2D eigenvalue weighted by atomic mass is 16.5. The minimum Gasteiger partial charge on any atom is -0.494 e. The van der Waals surface area contributed by atoms with Gasteiger partial charge in [0.25, 0.3) is 0 Å². The molecule has 0 spiro atoms. The molecule has 0 aromatic heterocycles. The van der Waals surface area contributed by atoms with Crippen molar-refractivity contribution in [2.24, 2.45) is 5.92 Å². The number of allylic oxidation sites excluding steroid dienone is 5. The van der Waals surface area contributed by atoms with Gasteiger partial charge in [-0.25, -0.2) is 0 Å². The van der Waals surface area contributed by atoms with E-state index in [0.717, 1.165) is 12.4 Å². The van der Waals surface area contributed by atoms with Crippen LogP contribution in [0.3, 0.4) is 0 Å². The fourth-order valence-electron chi connectivity index (χ4n) is 0.955. The van der Waals surface area contributed by atoms with Gasteiger partial charge in [0.2, 0.25) is 0 Å². The van der Waals surface area contributed by atoms with Crippen LogP contribution in [0.1, 0.15) is 13.8 Å². The Labute approximate surface area is 68.1 Å². The second-order valence-corrected chi connectivity index (χ2v) is 2.61. The molecule has 0 aromatic carbocycles. The van der Waals surface area contributed by atoms with E-state index in [9.17, 15) is 0 Å². The van der Waals surface area contributed by atoms with Crippen molar-refractivity contribution in [3.8, 4) is 0 Å². The average molecular weight is 150 g/mol. The molecule has 0 fully saturated rings. The maximum Gasteiger partial charge on any atom is 0.118 e. The molecule has 0 aromatic rings. The molecule has 1 aliphatic carbocycles. The van der Waals surface area contributed by atoms with E-state index >= 15 is 0 Å². The molecule has 60 valence electrons. The SMILES string of the molecule is CCOC1=CC=CC(C)C=C1. The molecule has 1 rings (SSSR count). The van der Waals surface area contributed by atoms with Gasteiger partial charge in [-0.15, -0.1) is 0 Å². The second-order valence-electron chi connectivity index (χ2n) is 2.61. The van der Waals surface area contributed by atoms with Gasteiger partial charge in [0.1, 0.15) is 5.76 Å². The van der Waals surface area contributed by atoms with Gasteiger partial charge in [-0.1, -0.05) is 25.2 Å². The lowest BCUT2D eigenvalue weighted by Gasteiger charge is -2.00. The molecule has 0 amide bonds. The van der Waals surface area contributed by atoms with Crippen LogP contribution in [-0.2, 0) is 4.74 Å². The van der Waals surface area contributed by atoms with Crippen LogP contribution in [0, 0.1) is 5.92 Å². The molecule has 0 aliphatic heterocycles. The first-order valence-electron chi connectivity index (χ1n) is 4.02. The summed E-state index contributed by atoms with van der Waals surface area (Å²) < 4.78 is 5.33. The Bertz CT molecular complexity index is 199. The highest BCUT2D eigenvalue weighted by Crippen LogP contribution is 2.09. The van der Waals surface area contributed by atoms with E-state index in [1.165, 1.54) is 0 Å². The summed E-state index contributed by atoms with van der Waals surface area (Å²) >= 11 is 0. The zero-order valence-electron chi connectivity index (χ0n) is 7.08. The van der Waals surface area contributed by atoms with E-state index < -0.39 is 0 Å². The predicted octanol–water partition coefficient (Wildman–Crippen LogP) is 2.67. The van der Waals surface area contributed by atoms with Gasteiger partial charge in [-0.3, -0.25) is 0 Å². The molecule has 0 saturated heterocycles. The smallest absolute Gasteiger partial charge is 0.118 e. The van der Waals surface area contributed by atoms with E-state index in [4.69, 9.17) is 4.74 Å². The molecular formula is C10H14O. The van der Waals surface area contributed by atoms with Crippen LogP contribution in [0.25, 0.3) is 0 Å². The molecule has 0 saturated carbocycles. The summed E-state index contributed by atoms with van der Waals surface area (Å²) in [6.45, 7) is 4.88. The van der Waals surface area contributed by atoms with Crippen LogP contribution in [-0.4, -0.2) is 6.61 Å². The number of rotatable bonds is 2. The summed E-state index contributed by atoms with van der Waals surface area (Å²) in [4.78, 5) is 0. The van der Waals surface area contributed by atoms with E-state index in [1.54, 1.807) is 0 Å². The molecule has 1 aliphatic rings. The normalized spacial score (nSPS) is 22.7. The standard InChI is InChI=1S/C10H14O/c1-3-11-10-6-4-5-9(2)7-8-10/h4-9H,3H2,1-2H3. The van der Waals surface area contributed by atoms with Gasteiger partial charge in [-0.2, -0.15) is 0 Å². The van der Waals surface area contributed by atoms with Crippen LogP contribution in [0.4, 0.5) is 0 Å². The van der Waals surface area contributed by atoms with Crippen LogP contribution in [0.2, 0.25) is 0 Å². The quantitative estimate of drug-likeness (QED) is 0.588. The Morgan fingerprint density at radius 3 is 3.00 bits per heavy atom. The Kier molecular flexibility index (Phi) is 2.96. The third kappa shape index (κ3) is 2.62. The van der Waals surface area contributed by atoms with Crippen molar-refractivity contribution >= 4 is 0 Å². The summed E-state index contributed by atoms with van der Waals surface area (Å²) in [5.74, 6) is 1.47. The minimum absolute atomic E-state index is 0.518. The lowest BCUT2D eigenvalue weighted by Crippen LogP contribution is -1.86. The van der Waals surface area contributed by atoms with E-state index in [-0.39, 0.29) is 0 Å². The highest BCUT2D eigenvalue weighted by molar-refractivity contribution is 5.24. The van der Waals surface area contributed by atoms with Crippen molar-refractivity contribution in [3.05, 3.63) is 36.1 Å². The fraction of sp³-hybridized carbons (Fsp3) is 0.400. The number of hydrogen-bond acceptors (Lipinski definition) is 1. The lowest BCUT2D eigenvalue weighted by molar-refractivity contribution is 0.242. The zero-order valence-corrected chi connectivity index (χ0v) is 7.08. The Morgan fingerprint density at radius 1 is 1.45 bits per heavy atom. The summed E-state index contributed by atoms with van der Waals surface area (Å²) in [7, 11) is 0. The molecule has 11 heavy (non-hydrogen) atoms. The van der Waals surface area contributed by atoms with Gasteiger partial charge in [0.05, 0.1) is 6.61 Å². The second kappa shape index (κ2) is 4.02. The number of hydrogen-bond donors (Lipinski definition) is 0. The average Bonchev–Trinajstić information content (AvgIpc) is 2.17. The van der Waals surface area contributed by atoms with Crippen molar-refractivity contribution in [1.29, 1.82) is 0 Å². The molecule has 0 N–H and O–H groups in total. The molecule has 0 radical (unpaired) electrons. The highest BCUT2D eigenvalue weighted by Gasteiger charge is 1.95. The van der Waals surface area contributed by atoms with E-state index in [2.05, 4.69) is 19.1 Å². The van der Waals surface area contributed by atoms with Crippen LogP contribution in [0.5, 0.6) is 0 Å². The maximum absolute atomic E-state index is 5.33. The fourth-order valence-corrected chi connectivity index (χ4v) is 0.955. The number of ether oxygens (including phenoxy) is 1. The molecule has 1 unspecified atom stereocenters. The molecule has 1 nitrogen and oxygen atoms in total. The summed E-state index contributed by atoms with van der Waals surface area (Å²) in [5, 5.41) is 0. The first-order valence-corrected chi connectivity index (χ1v) is 4.02. The van der Waals surface area contributed by atoms with Gasteiger partial charge >= 0.3 is 0 Å². The zero-order chi connectivity index (χ0) is 8.10. The van der Waals surface area contributed by atoms with Crippen LogP contribution >= 0.6 is 0 Å². The minimum atomic E-state index is 0.518. The van der Waals surface area contributed by atoms with Gasteiger partial charge in [0.15, 0.2) is 0 Å². The lowest BCUT2D eigenvalue weighted by atomic mass is 10.2. The van der Waals surface area contributed by atoms with Gasteiger partial charge in [-0.05, 0) is 25.0 Å². The van der Waals surface area contributed by atoms with Crippen molar-refractivity contribution in [2.75, 3.05) is 6.61 Å². The monoisotopic (exact) mass is 150 g/mol. The first kappa shape index (κ1) is 8.12. The van der Waals surface area contributed by atoms with Crippen molar-refractivity contribution in [2.45, 2.75) is 13.8 Å². The maximum atomic E-state index is 5.33. The summed E-state index contributed by atoms with van der Waals surface area (Å²) in [6.07, 6.45) is 10.3. The Morgan fingerprint density at radius 2 is 2.27 bits per heavy atom. The molecule has 0 bridgehead atoms. The third-order valence-corrected chi connectivity index (χ3v) is 1.55. The third-order valence-electron chi connectivity index (χ3n) is 1.55. The van der Waals surface area contributed by atoms with Crippen LogP contribution < -0.4 is 0 Å². The van der Waals surface area contributed by atoms with Gasteiger partial charge in [0, 0.05) is 0 Å². The van der Waals surface area contributed by atoms with E-state index in [0.29, 0.717) is 5.92 Å². The van der Waals surface area contributed by atoms with Crippen LogP contribution in [0.15, 0.2) is 36.1 Å². The van der Waals surface area contributed by atoms with E-state index in [1.807, 2.05) is 25.2 Å².